The van der Waals surface area contributed by atoms with Gasteiger partial charge in [-0.05, 0) is 43.0 Å². The third kappa shape index (κ3) is 5.96. The number of carbonyl (C=O) groups is 2. The van der Waals surface area contributed by atoms with E-state index in [2.05, 4.69) is 10.9 Å². The number of benzene rings is 1. The molecule has 0 aliphatic heterocycles. The average Bonchev–Trinajstić information content (AvgIpc) is 3.10. The van der Waals surface area contributed by atoms with Gasteiger partial charge < -0.3 is 14.2 Å². The molecular weight excluding hydrogens is 356 g/mol. The van der Waals surface area contributed by atoms with E-state index in [9.17, 15) is 9.59 Å². The van der Waals surface area contributed by atoms with E-state index in [0.29, 0.717) is 30.3 Å². The van der Waals surface area contributed by atoms with Gasteiger partial charge >= 0.3 is 6.09 Å². The number of nitrogens with one attached hydrogen (secondary N) is 2. The maximum atomic E-state index is 12.0. The number of carbonyl (C=O) groups excluding carboxylic acids is 2. The first kappa shape index (κ1) is 19.6. The molecule has 1 aromatic carbocycles. The van der Waals surface area contributed by atoms with E-state index in [0.717, 1.165) is 11.3 Å². The summed E-state index contributed by atoms with van der Waals surface area (Å²) in [6, 6.07) is 9.28. The zero-order chi connectivity index (χ0) is 18.8. The summed E-state index contributed by atoms with van der Waals surface area (Å²) in [4.78, 5) is 24.1. The van der Waals surface area contributed by atoms with E-state index >= 15 is 0 Å². The second-order valence-corrected chi connectivity index (χ2v) is 6.01. The largest absolute Gasteiger partial charge is 0.494 e. The standard InChI is InChI=1S/C18H22N2O5S/c1-3-23-14-7-5-13(6-8-14)9-11-25-18(22)20-19-17(21)16-15(24-4-2)10-12-26-16/h5-8,10,12H,3-4,9,11H2,1-2H3,(H,19,21)(H,20,22). The molecule has 0 bridgehead atoms. The lowest BCUT2D eigenvalue weighted by Crippen LogP contribution is -2.41. The summed E-state index contributed by atoms with van der Waals surface area (Å²) in [5.74, 6) is 0.838. The van der Waals surface area contributed by atoms with Gasteiger partial charge in [-0.15, -0.1) is 11.3 Å². The molecule has 2 aromatic rings. The first-order valence-corrected chi connectivity index (χ1v) is 9.17. The molecule has 0 radical (unpaired) electrons. The summed E-state index contributed by atoms with van der Waals surface area (Å²) < 4.78 is 15.8. The van der Waals surface area contributed by atoms with Crippen molar-refractivity contribution in [3.8, 4) is 11.5 Å². The summed E-state index contributed by atoms with van der Waals surface area (Å²) in [6.45, 7) is 5.03. The molecule has 0 saturated heterocycles. The molecule has 0 aliphatic rings. The van der Waals surface area contributed by atoms with Gasteiger partial charge in [0.05, 0.1) is 19.8 Å². The van der Waals surface area contributed by atoms with E-state index in [1.165, 1.54) is 11.3 Å². The fourth-order valence-electron chi connectivity index (χ4n) is 2.11. The zero-order valence-electron chi connectivity index (χ0n) is 14.7. The molecule has 0 unspecified atom stereocenters. The van der Waals surface area contributed by atoms with Crippen LogP contribution in [0.15, 0.2) is 35.7 Å². The Morgan fingerprint density at radius 2 is 1.73 bits per heavy atom. The summed E-state index contributed by atoms with van der Waals surface area (Å²) in [7, 11) is 0. The summed E-state index contributed by atoms with van der Waals surface area (Å²) >= 11 is 1.23. The van der Waals surface area contributed by atoms with Crippen molar-refractivity contribution in [1.29, 1.82) is 0 Å². The van der Waals surface area contributed by atoms with Crippen LogP contribution in [0.25, 0.3) is 0 Å². The predicted molar refractivity (Wildman–Crippen MR) is 98.8 cm³/mol. The van der Waals surface area contributed by atoms with Crippen molar-refractivity contribution in [1.82, 2.24) is 10.9 Å². The van der Waals surface area contributed by atoms with Crippen LogP contribution in [-0.4, -0.2) is 31.8 Å². The lowest BCUT2D eigenvalue weighted by molar-refractivity contribution is 0.0911. The predicted octanol–water partition coefficient (Wildman–Crippen LogP) is 3.16. The Balaban J connectivity index is 1.70. The monoisotopic (exact) mass is 378 g/mol. The molecule has 0 fully saturated rings. The van der Waals surface area contributed by atoms with Crippen LogP contribution >= 0.6 is 11.3 Å². The smallest absolute Gasteiger partial charge is 0.426 e. The van der Waals surface area contributed by atoms with Gasteiger partial charge in [-0.25, -0.2) is 10.2 Å². The minimum absolute atomic E-state index is 0.193. The Labute approximate surface area is 156 Å². The van der Waals surface area contributed by atoms with Crippen LogP contribution in [0.4, 0.5) is 4.79 Å². The number of thiophene rings is 1. The highest BCUT2D eigenvalue weighted by Gasteiger charge is 2.15. The maximum Gasteiger partial charge on any atom is 0.426 e. The molecule has 0 saturated carbocycles. The SMILES string of the molecule is CCOc1ccc(CCOC(=O)NNC(=O)c2sccc2OCC)cc1. The van der Waals surface area contributed by atoms with Crippen LogP contribution in [-0.2, 0) is 11.2 Å². The molecule has 0 atom stereocenters. The van der Waals surface area contributed by atoms with Crippen molar-refractivity contribution in [2.24, 2.45) is 0 Å². The summed E-state index contributed by atoms with van der Waals surface area (Å²) in [5, 5.41) is 1.75. The van der Waals surface area contributed by atoms with Gasteiger partial charge in [0.2, 0.25) is 0 Å². The minimum Gasteiger partial charge on any atom is -0.494 e. The fraction of sp³-hybridized carbons (Fsp3) is 0.333. The number of hydrogen-bond acceptors (Lipinski definition) is 6. The first-order valence-electron chi connectivity index (χ1n) is 8.29. The van der Waals surface area contributed by atoms with Crippen LogP contribution in [0.5, 0.6) is 11.5 Å². The highest BCUT2D eigenvalue weighted by Crippen LogP contribution is 2.24. The van der Waals surface area contributed by atoms with Crippen LogP contribution in [0, 0.1) is 0 Å². The van der Waals surface area contributed by atoms with Crippen LogP contribution < -0.4 is 20.3 Å². The Kier molecular flexibility index (Phi) is 7.75. The van der Waals surface area contributed by atoms with Crippen molar-refractivity contribution in [3.05, 3.63) is 46.2 Å². The molecule has 2 amide bonds. The molecule has 1 heterocycles. The zero-order valence-corrected chi connectivity index (χ0v) is 15.6. The van der Waals surface area contributed by atoms with E-state index < -0.39 is 12.0 Å². The van der Waals surface area contributed by atoms with Gasteiger partial charge in [0.1, 0.15) is 16.4 Å². The highest BCUT2D eigenvalue weighted by atomic mass is 32.1. The number of ether oxygens (including phenoxy) is 3. The summed E-state index contributed by atoms with van der Waals surface area (Å²) in [5.41, 5.74) is 5.55. The number of rotatable bonds is 8. The van der Waals surface area contributed by atoms with Gasteiger partial charge in [0.15, 0.2) is 0 Å². The number of amides is 2. The highest BCUT2D eigenvalue weighted by molar-refractivity contribution is 7.12. The van der Waals surface area contributed by atoms with Crippen molar-refractivity contribution >= 4 is 23.3 Å². The third-order valence-corrected chi connectivity index (χ3v) is 4.17. The van der Waals surface area contributed by atoms with Gasteiger partial charge in [-0.2, -0.15) is 0 Å². The van der Waals surface area contributed by atoms with E-state index in [4.69, 9.17) is 14.2 Å². The molecule has 0 aliphatic carbocycles. The fourth-order valence-corrected chi connectivity index (χ4v) is 2.84. The summed E-state index contributed by atoms with van der Waals surface area (Å²) in [6.07, 6.45) is -0.161. The second-order valence-electron chi connectivity index (χ2n) is 5.09. The molecule has 2 N–H and O–H groups in total. The molecule has 7 nitrogen and oxygen atoms in total. The van der Waals surface area contributed by atoms with Crippen molar-refractivity contribution in [2.45, 2.75) is 20.3 Å². The lowest BCUT2D eigenvalue weighted by Gasteiger charge is -2.09. The van der Waals surface area contributed by atoms with E-state index in [1.807, 2.05) is 38.1 Å². The molecule has 140 valence electrons. The molecule has 26 heavy (non-hydrogen) atoms. The van der Waals surface area contributed by atoms with Crippen molar-refractivity contribution < 1.29 is 23.8 Å². The average molecular weight is 378 g/mol. The Hall–Kier alpha value is -2.74. The van der Waals surface area contributed by atoms with Crippen molar-refractivity contribution in [2.75, 3.05) is 19.8 Å². The molecule has 0 spiro atoms. The normalized spacial score (nSPS) is 10.1. The second kappa shape index (κ2) is 10.3. The Morgan fingerprint density at radius 3 is 2.42 bits per heavy atom. The topological polar surface area (TPSA) is 85.9 Å². The molecule has 8 heteroatoms. The van der Waals surface area contributed by atoms with Crippen LogP contribution in [0.3, 0.4) is 0 Å². The van der Waals surface area contributed by atoms with Crippen molar-refractivity contribution in [3.63, 3.8) is 0 Å². The Bertz CT molecular complexity index is 715. The molecular formula is C18H22N2O5S. The minimum atomic E-state index is -0.723. The Morgan fingerprint density at radius 1 is 1.00 bits per heavy atom. The third-order valence-electron chi connectivity index (χ3n) is 3.27. The number of hydrazine groups is 1. The molecule has 1 aromatic heterocycles. The first-order chi connectivity index (χ1) is 12.6. The molecule has 2 rings (SSSR count). The van der Waals surface area contributed by atoms with Gasteiger partial charge in [-0.1, -0.05) is 12.1 Å². The van der Waals surface area contributed by atoms with Crippen LogP contribution in [0.2, 0.25) is 0 Å². The lowest BCUT2D eigenvalue weighted by atomic mass is 10.1. The van der Waals surface area contributed by atoms with Crippen LogP contribution in [0.1, 0.15) is 29.1 Å². The van der Waals surface area contributed by atoms with Gasteiger partial charge in [0, 0.05) is 6.42 Å². The number of hydrogen-bond donors (Lipinski definition) is 2. The maximum absolute atomic E-state index is 12.0. The van der Waals surface area contributed by atoms with E-state index in [-0.39, 0.29) is 6.61 Å². The van der Waals surface area contributed by atoms with Gasteiger partial charge in [0.25, 0.3) is 5.91 Å². The van der Waals surface area contributed by atoms with Gasteiger partial charge in [-0.3, -0.25) is 10.2 Å². The quantitative estimate of drug-likeness (QED) is 0.689. The van der Waals surface area contributed by atoms with E-state index in [1.54, 1.807) is 11.4 Å².